The molecule has 0 aliphatic rings. The first kappa shape index (κ1) is 13.1. The maximum Gasteiger partial charge on any atom is 0.416 e. The van der Waals surface area contributed by atoms with Gasteiger partial charge in [-0.05, 0) is 13.0 Å². The SMILES string of the molecule is Cc1nccn1-c1cc([N+](=O)[O-])cc(C(F)(F)F)c1. The number of hydrogen-bond acceptors (Lipinski definition) is 3. The summed E-state index contributed by atoms with van der Waals surface area (Å²) in [7, 11) is 0. The summed E-state index contributed by atoms with van der Waals surface area (Å²) in [6, 6.07) is 2.43. The van der Waals surface area contributed by atoms with E-state index in [1.807, 2.05) is 0 Å². The van der Waals surface area contributed by atoms with Crippen molar-refractivity contribution in [1.29, 1.82) is 0 Å². The van der Waals surface area contributed by atoms with Crippen LogP contribution in [0.2, 0.25) is 0 Å². The molecule has 2 rings (SSSR count). The highest BCUT2D eigenvalue weighted by molar-refractivity contribution is 5.48. The van der Waals surface area contributed by atoms with E-state index in [0.29, 0.717) is 11.9 Å². The smallest absolute Gasteiger partial charge is 0.304 e. The molecule has 0 aliphatic heterocycles. The highest BCUT2D eigenvalue weighted by Gasteiger charge is 2.33. The highest BCUT2D eigenvalue weighted by Crippen LogP contribution is 2.33. The van der Waals surface area contributed by atoms with Gasteiger partial charge in [-0.15, -0.1) is 0 Å². The molecular weight excluding hydrogens is 263 g/mol. The predicted octanol–water partition coefficient (Wildman–Crippen LogP) is 3.11. The molecule has 0 saturated carbocycles. The van der Waals surface area contributed by atoms with Gasteiger partial charge in [0.05, 0.1) is 16.2 Å². The lowest BCUT2D eigenvalue weighted by Crippen LogP contribution is -2.08. The zero-order valence-corrected chi connectivity index (χ0v) is 9.68. The number of non-ortho nitro benzene ring substituents is 1. The summed E-state index contributed by atoms with van der Waals surface area (Å²) < 4.78 is 39.5. The van der Waals surface area contributed by atoms with Crippen molar-refractivity contribution < 1.29 is 18.1 Å². The van der Waals surface area contributed by atoms with Gasteiger partial charge in [-0.1, -0.05) is 0 Å². The monoisotopic (exact) mass is 271 g/mol. The van der Waals surface area contributed by atoms with Crippen LogP contribution in [-0.4, -0.2) is 14.5 Å². The van der Waals surface area contributed by atoms with Crippen LogP contribution in [0.4, 0.5) is 18.9 Å². The summed E-state index contributed by atoms with van der Waals surface area (Å²) in [6.07, 6.45) is -1.80. The summed E-state index contributed by atoms with van der Waals surface area (Å²) in [5, 5.41) is 10.7. The molecule has 0 amide bonds. The first-order chi connectivity index (χ1) is 8.79. The number of rotatable bonds is 2. The number of aromatic nitrogens is 2. The number of hydrogen-bond donors (Lipinski definition) is 0. The summed E-state index contributed by atoms with van der Waals surface area (Å²) in [5.41, 5.74) is -1.63. The Kier molecular flexibility index (Phi) is 3.01. The van der Waals surface area contributed by atoms with Gasteiger partial charge in [-0.3, -0.25) is 10.1 Å². The van der Waals surface area contributed by atoms with Crippen molar-refractivity contribution in [1.82, 2.24) is 9.55 Å². The number of benzene rings is 1. The van der Waals surface area contributed by atoms with Crippen molar-refractivity contribution in [2.24, 2.45) is 0 Å². The first-order valence-electron chi connectivity index (χ1n) is 5.16. The second-order valence-electron chi connectivity index (χ2n) is 3.84. The fourth-order valence-electron chi connectivity index (χ4n) is 1.65. The molecule has 19 heavy (non-hydrogen) atoms. The van der Waals surface area contributed by atoms with Crippen LogP contribution in [0.3, 0.4) is 0 Å². The van der Waals surface area contributed by atoms with E-state index in [9.17, 15) is 23.3 Å². The van der Waals surface area contributed by atoms with Gasteiger partial charge in [0.15, 0.2) is 0 Å². The van der Waals surface area contributed by atoms with E-state index in [4.69, 9.17) is 0 Å². The molecule has 0 unspecified atom stereocenters. The molecular formula is C11H8F3N3O2. The van der Waals surface area contributed by atoms with Crippen LogP contribution in [0, 0.1) is 17.0 Å². The summed E-state index contributed by atoms with van der Waals surface area (Å²) in [6.45, 7) is 1.59. The third-order valence-corrected chi connectivity index (χ3v) is 2.54. The molecule has 1 aromatic heterocycles. The van der Waals surface area contributed by atoms with Gasteiger partial charge in [0, 0.05) is 24.5 Å². The topological polar surface area (TPSA) is 61.0 Å². The molecule has 0 bridgehead atoms. The van der Waals surface area contributed by atoms with E-state index < -0.39 is 22.4 Å². The van der Waals surface area contributed by atoms with Gasteiger partial charge in [-0.2, -0.15) is 13.2 Å². The van der Waals surface area contributed by atoms with Crippen molar-refractivity contribution in [2.75, 3.05) is 0 Å². The first-order valence-corrected chi connectivity index (χ1v) is 5.16. The van der Waals surface area contributed by atoms with Gasteiger partial charge in [0.1, 0.15) is 5.82 Å². The Labute approximate surface area is 105 Å². The molecule has 8 heteroatoms. The largest absolute Gasteiger partial charge is 0.416 e. The van der Waals surface area contributed by atoms with E-state index in [1.165, 1.54) is 17.0 Å². The van der Waals surface area contributed by atoms with Crippen molar-refractivity contribution in [3.8, 4) is 5.69 Å². The number of aryl methyl sites for hydroxylation is 1. The van der Waals surface area contributed by atoms with Gasteiger partial charge >= 0.3 is 6.18 Å². The normalized spacial score (nSPS) is 11.6. The summed E-state index contributed by atoms with van der Waals surface area (Å²) >= 11 is 0. The molecule has 1 heterocycles. The Hall–Kier alpha value is -2.38. The highest BCUT2D eigenvalue weighted by atomic mass is 19.4. The van der Waals surface area contributed by atoms with Gasteiger partial charge in [0.25, 0.3) is 5.69 Å². The molecule has 2 aromatic rings. The molecule has 0 aliphatic carbocycles. The lowest BCUT2D eigenvalue weighted by molar-refractivity contribution is -0.385. The molecule has 0 spiro atoms. The van der Waals surface area contributed by atoms with Crippen molar-refractivity contribution in [3.05, 3.63) is 52.1 Å². The number of alkyl halides is 3. The van der Waals surface area contributed by atoms with Crippen LogP contribution in [0.5, 0.6) is 0 Å². The van der Waals surface area contributed by atoms with Crippen molar-refractivity contribution >= 4 is 5.69 Å². The Morgan fingerprint density at radius 2 is 2.00 bits per heavy atom. The Bertz CT molecular complexity index is 634. The van der Waals surface area contributed by atoms with E-state index in [0.717, 1.165) is 12.1 Å². The lowest BCUT2D eigenvalue weighted by Gasteiger charge is -2.10. The van der Waals surface area contributed by atoms with Crippen LogP contribution in [0.15, 0.2) is 30.6 Å². The van der Waals surface area contributed by atoms with Crippen LogP contribution in [-0.2, 0) is 6.18 Å². The van der Waals surface area contributed by atoms with Crippen LogP contribution in [0.25, 0.3) is 5.69 Å². The summed E-state index contributed by atoms with van der Waals surface area (Å²) in [5.74, 6) is 0.439. The molecule has 100 valence electrons. The van der Waals surface area contributed by atoms with Crippen LogP contribution in [0.1, 0.15) is 11.4 Å². The molecule has 0 saturated heterocycles. The minimum atomic E-state index is -4.64. The standard InChI is InChI=1S/C11H8F3N3O2/c1-7-15-2-3-16(7)9-4-8(11(12,13)14)5-10(6-9)17(18)19/h2-6H,1H3. The number of halogens is 3. The molecule has 0 atom stereocenters. The van der Waals surface area contributed by atoms with Crippen LogP contribution >= 0.6 is 0 Å². The van der Waals surface area contributed by atoms with E-state index in [2.05, 4.69) is 4.98 Å². The fraction of sp³-hybridized carbons (Fsp3) is 0.182. The third kappa shape index (κ3) is 2.56. The predicted molar refractivity (Wildman–Crippen MR) is 60.0 cm³/mol. The third-order valence-electron chi connectivity index (χ3n) is 2.54. The number of nitro groups is 1. The van der Waals surface area contributed by atoms with Gasteiger partial charge < -0.3 is 4.57 Å². The fourth-order valence-corrected chi connectivity index (χ4v) is 1.65. The van der Waals surface area contributed by atoms with E-state index in [1.54, 1.807) is 6.92 Å². The maximum atomic E-state index is 12.7. The average Bonchev–Trinajstić information content (AvgIpc) is 2.73. The van der Waals surface area contributed by atoms with Gasteiger partial charge in [-0.25, -0.2) is 4.98 Å². The van der Waals surface area contributed by atoms with Crippen molar-refractivity contribution in [3.63, 3.8) is 0 Å². The number of nitrogens with zero attached hydrogens (tertiary/aromatic N) is 3. The van der Waals surface area contributed by atoms with Crippen LogP contribution < -0.4 is 0 Å². The maximum absolute atomic E-state index is 12.7. The average molecular weight is 271 g/mol. The molecule has 0 fully saturated rings. The molecule has 0 radical (unpaired) electrons. The Morgan fingerprint density at radius 1 is 1.32 bits per heavy atom. The number of nitro benzene ring substituents is 1. The van der Waals surface area contributed by atoms with Crippen molar-refractivity contribution in [2.45, 2.75) is 13.1 Å². The quantitative estimate of drug-likeness (QED) is 0.622. The van der Waals surface area contributed by atoms with Gasteiger partial charge in [0.2, 0.25) is 0 Å². The minimum Gasteiger partial charge on any atom is -0.304 e. The van der Waals surface area contributed by atoms with E-state index in [-0.39, 0.29) is 5.69 Å². The second-order valence-corrected chi connectivity index (χ2v) is 3.84. The Morgan fingerprint density at radius 3 is 2.47 bits per heavy atom. The zero-order chi connectivity index (χ0) is 14.2. The van der Waals surface area contributed by atoms with E-state index >= 15 is 0 Å². The number of imidazole rings is 1. The lowest BCUT2D eigenvalue weighted by atomic mass is 10.1. The minimum absolute atomic E-state index is 0.0523. The zero-order valence-electron chi connectivity index (χ0n) is 9.68. The molecule has 0 N–H and O–H groups in total. The Balaban J connectivity index is 2.65. The summed E-state index contributed by atoms with van der Waals surface area (Å²) in [4.78, 5) is 13.7. The second kappa shape index (κ2) is 4.38. The molecule has 1 aromatic carbocycles. The molecule has 5 nitrogen and oxygen atoms in total.